The zero-order chi connectivity index (χ0) is 15.3. The highest BCUT2D eigenvalue weighted by Gasteiger charge is 2.14. The van der Waals surface area contributed by atoms with E-state index in [9.17, 15) is 14.7 Å². The average molecular weight is 342 g/mol. The summed E-state index contributed by atoms with van der Waals surface area (Å²) in [6.45, 7) is 5.11. The minimum Gasteiger partial charge on any atom is -0.507 e. The molecule has 0 aliphatic rings. The van der Waals surface area contributed by atoms with Gasteiger partial charge in [0.15, 0.2) is 0 Å². The molecule has 0 spiro atoms. The summed E-state index contributed by atoms with van der Waals surface area (Å²) in [6.07, 6.45) is 0. The zero-order valence-electron chi connectivity index (χ0n) is 11.4. The maximum absolute atomic E-state index is 11.5. The van der Waals surface area contributed by atoms with Gasteiger partial charge in [-0.05, 0) is 39.0 Å². The van der Waals surface area contributed by atoms with Crippen molar-refractivity contribution in [2.24, 2.45) is 5.10 Å². The standard InChI is InChI=1S/C13H16BrN3O3/c1-7(2)15-12(19)13(20)17-16-8(3)10-6-9(14)4-5-11(10)18/h4-7,18H,1-3H3,(H,15,19)(H,17,20)/b16-8+. The summed E-state index contributed by atoms with van der Waals surface area (Å²) in [5.74, 6) is -1.57. The van der Waals surface area contributed by atoms with Crippen LogP contribution in [-0.4, -0.2) is 28.7 Å². The highest BCUT2D eigenvalue weighted by Crippen LogP contribution is 2.22. The fourth-order valence-corrected chi connectivity index (χ4v) is 1.73. The van der Waals surface area contributed by atoms with Gasteiger partial charge in [-0.25, -0.2) is 5.43 Å². The highest BCUT2D eigenvalue weighted by atomic mass is 79.9. The maximum Gasteiger partial charge on any atom is 0.329 e. The van der Waals surface area contributed by atoms with Crippen LogP contribution in [0.4, 0.5) is 0 Å². The number of hydrogen-bond donors (Lipinski definition) is 3. The molecule has 1 aromatic rings. The lowest BCUT2D eigenvalue weighted by Gasteiger charge is -2.08. The molecule has 0 aliphatic carbocycles. The van der Waals surface area contributed by atoms with Crippen LogP contribution in [0.5, 0.6) is 5.75 Å². The summed E-state index contributed by atoms with van der Waals surface area (Å²) >= 11 is 3.28. The molecule has 20 heavy (non-hydrogen) atoms. The van der Waals surface area contributed by atoms with Crippen molar-refractivity contribution in [3.8, 4) is 5.75 Å². The summed E-state index contributed by atoms with van der Waals surface area (Å²) in [4.78, 5) is 22.8. The van der Waals surface area contributed by atoms with Gasteiger partial charge in [-0.15, -0.1) is 0 Å². The molecule has 108 valence electrons. The van der Waals surface area contributed by atoms with Crippen molar-refractivity contribution in [1.82, 2.24) is 10.7 Å². The van der Waals surface area contributed by atoms with E-state index >= 15 is 0 Å². The van der Waals surface area contributed by atoms with Gasteiger partial charge < -0.3 is 10.4 Å². The molecule has 0 atom stereocenters. The van der Waals surface area contributed by atoms with Crippen LogP contribution in [0.2, 0.25) is 0 Å². The summed E-state index contributed by atoms with van der Waals surface area (Å²) in [5, 5.41) is 16.0. The molecule has 0 unspecified atom stereocenters. The van der Waals surface area contributed by atoms with Gasteiger partial charge in [0, 0.05) is 16.1 Å². The van der Waals surface area contributed by atoms with E-state index in [0.717, 1.165) is 4.47 Å². The zero-order valence-corrected chi connectivity index (χ0v) is 13.0. The molecule has 3 N–H and O–H groups in total. The smallest absolute Gasteiger partial charge is 0.329 e. The van der Waals surface area contributed by atoms with E-state index in [1.807, 2.05) is 0 Å². The quantitative estimate of drug-likeness (QED) is 0.442. The van der Waals surface area contributed by atoms with E-state index in [0.29, 0.717) is 11.3 Å². The predicted molar refractivity (Wildman–Crippen MR) is 79.4 cm³/mol. The highest BCUT2D eigenvalue weighted by molar-refractivity contribution is 9.10. The third kappa shape index (κ3) is 4.65. The number of hydrogen-bond acceptors (Lipinski definition) is 4. The van der Waals surface area contributed by atoms with E-state index in [1.165, 1.54) is 6.07 Å². The number of phenols is 1. The van der Waals surface area contributed by atoms with Crippen molar-refractivity contribution >= 4 is 33.5 Å². The predicted octanol–water partition coefficient (Wildman–Crippen LogP) is 1.52. The second-order valence-electron chi connectivity index (χ2n) is 4.43. The minimum absolute atomic E-state index is 0.0373. The molecule has 2 amide bonds. The molecule has 1 rings (SSSR count). The minimum atomic E-state index is -0.854. The van der Waals surface area contributed by atoms with Crippen LogP contribution in [-0.2, 0) is 9.59 Å². The first-order valence-corrected chi connectivity index (χ1v) is 6.74. The van der Waals surface area contributed by atoms with Gasteiger partial charge in [0.05, 0.1) is 5.71 Å². The molecular formula is C13H16BrN3O3. The normalized spacial score (nSPS) is 11.3. The van der Waals surface area contributed by atoms with E-state index in [-0.39, 0.29) is 11.8 Å². The SMILES string of the molecule is C/C(=N\NC(=O)C(=O)NC(C)C)c1cc(Br)ccc1O. The van der Waals surface area contributed by atoms with Crippen molar-refractivity contribution in [3.63, 3.8) is 0 Å². The Morgan fingerprint density at radius 3 is 2.55 bits per heavy atom. The maximum atomic E-state index is 11.5. The number of amides is 2. The summed E-state index contributed by atoms with van der Waals surface area (Å²) in [7, 11) is 0. The van der Waals surface area contributed by atoms with Crippen LogP contribution in [0.15, 0.2) is 27.8 Å². The monoisotopic (exact) mass is 341 g/mol. The lowest BCUT2D eigenvalue weighted by atomic mass is 10.1. The third-order valence-corrected chi connectivity index (χ3v) is 2.79. The number of carbonyl (C=O) groups excluding carboxylic acids is 2. The second kappa shape index (κ2) is 7.04. The number of rotatable bonds is 3. The molecule has 0 bridgehead atoms. The fourth-order valence-electron chi connectivity index (χ4n) is 1.37. The molecule has 0 fully saturated rings. The van der Waals surface area contributed by atoms with Gasteiger partial charge in [-0.1, -0.05) is 15.9 Å². The summed E-state index contributed by atoms with van der Waals surface area (Å²) in [5.41, 5.74) is 2.99. The molecule has 0 heterocycles. The van der Waals surface area contributed by atoms with E-state index < -0.39 is 11.8 Å². The lowest BCUT2D eigenvalue weighted by molar-refractivity contribution is -0.139. The summed E-state index contributed by atoms with van der Waals surface area (Å²) < 4.78 is 0.767. The van der Waals surface area contributed by atoms with E-state index in [1.54, 1.807) is 32.9 Å². The summed E-state index contributed by atoms with van der Waals surface area (Å²) in [6, 6.07) is 4.72. The molecule has 0 aliphatic heterocycles. The van der Waals surface area contributed by atoms with Gasteiger partial charge in [0.25, 0.3) is 0 Å². The number of hydrazone groups is 1. The van der Waals surface area contributed by atoms with Crippen LogP contribution in [0, 0.1) is 0 Å². The number of phenolic OH excluding ortho intramolecular Hbond substituents is 1. The molecule has 0 saturated heterocycles. The average Bonchev–Trinajstić information content (AvgIpc) is 2.37. The van der Waals surface area contributed by atoms with E-state index in [4.69, 9.17) is 0 Å². The molecule has 0 radical (unpaired) electrons. The van der Waals surface area contributed by atoms with Crippen LogP contribution in [0.1, 0.15) is 26.3 Å². The Morgan fingerprint density at radius 2 is 1.95 bits per heavy atom. The Morgan fingerprint density at radius 1 is 1.30 bits per heavy atom. The molecule has 7 heteroatoms. The van der Waals surface area contributed by atoms with Gasteiger partial charge in [0.1, 0.15) is 5.75 Å². The Hall–Kier alpha value is -1.89. The number of halogens is 1. The third-order valence-electron chi connectivity index (χ3n) is 2.30. The van der Waals surface area contributed by atoms with Crippen LogP contribution >= 0.6 is 15.9 Å². The molecule has 0 saturated carbocycles. The van der Waals surface area contributed by atoms with Crippen LogP contribution in [0.25, 0.3) is 0 Å². The van der Waals surface area contributed by atoms with Gasteiger partial charge in [-0.2, -0.15) is 5.10 Å². The van der Waals surface area contributed by atoms with Crippen LogP contribution < -0.4 is 10.7 Å². The van der Waals surface area contributed by atoms with Gasteiger partial charge >= 0.3 is 11.8 Å². The first kappa shape index (κ1) is 16.2. The van der Waals surface area contributed by atoms with Crippen molar-refractivity contribution in [1.29, 1.82) is 0 Å². The van der Waals surface area contributed by atoms with Crippen molar-refractivity contribution < 1.29 is 14.7 Å². The first-order valence-electron chi connectivity index (χ1n) is 5.95. The van der Waals surface area contributed by atoms with Gasteiger partial charge in [-0.3, -0.25) is 9.59 Å². The van der Waals surface area contributed by atoms with E-state index in [2.05, 4.69) is 31.8 Å². The largest absolute Gasteiger partial charge is 0.507 e. The fraction of sp³-hybridized carbons (Fsp3) is 0.308. The Labute approximate surface area is 125 Å². The number of aromatic hydroxyl groups is 1. The molecular weight excluding hydrogens is 326 g/mol. The van der Waals surface area contributed by atoms with Crippen molar-refractivity contribution in [3.05, 3.63) is 28.2 Å². The number of carbonyl (C=O) groups is 2. The number of benzene rings is 1. The number of nitrogens with zero attached hydrogens (tertiary/aromatic N) is 1. The van der Waals surface area contributed by atoms with Gasteiger partial charge in [0.2, 0.25) is 0 Å². The second-order valence-corrected chi connectivity index (χ2v) is 5.34. The molecule has 6 nitrogen and oxygen atoms in total. The Kier molecular flexibility index (Phi) is 5.69. The Balaban J connectivity index is 2.77. The van der Waals surface area contributed by atoms with Crippen molar-refractivity contribution in [2.45, 2.75) is 26.8 Å². The van der Waals surface area contributed by atoms with Crippen LogP contribution in [0.3, 0.4) is 0 Å². The first-order chi connectivity index (χ1) is 9.31. The topological polar surface area (TPSA) is 90.8 Å². The number of nitrogens with one attached hydrogen (secondary N) is 2. The molecule has 0 aromatic heterocycles. The van der Waals surface area contributed by atoms with Crippen molar-refractivity contribution in [2.75, 3.05) is 0 Å². The molecule has 1 aromatic carbocycles. The lowest BCUT2D eigenvalue weighted by Crippen LogP contribution is -2.41. The Bertz CT molecular complexity index is 556.